The SMILES string of the molecule is COc1cc(N2CCC(N3CCN(C)CC3)CC2I)ccc1[N+](=O)[O-]. The molecule has 0 N–H and O–H groups in total. The van der Waals surface area contributed by atoms with Crippen LogP contribution in [0.5, 0.6) is 5.75 Å². The maximum atomic E-state index is 11.1. The van der Waals surface area contributed by atoms with Gasteiger partial charge in [-0.2, -0.15) is 0 Å². The molecule has 0 amide bonds. The highest BCUT2D eigenvalue weighted by Crippen LogP contribution is 2.36. The lowest BCUT2D eigenvalue weighted by Crippen LogP contribution is -2.53. The quantitative estimate of drug-likeness (QED) is 0.226. The summed E-state index contributed by atoms with van der Waals surface area (Å²) in [6.45, 7) is 5.55. The van der Waals surface area contributed by atoms with Crippen LogP contribution in [0, 0.1) is 10.1 Å². The molecule has 0 bridgehead atoms. The van der Waals surface area contributed by atoms with Crippen LogP contribution in [-0.2, 0) is 0 Å². The molecular formula is C17H25IN4O3. The van der Waals surface area contributed by atoms with Crippen LogP contribution < -0.4 is 9.64 Å². The van der Waals surface area contributed by atoms with Gasteiger partial charge in [0.1, 0.15) is 0 Å². The van der Waals surface area contributed by atoms with Gasteiger partial charge < -0.3 is 14.5 Å². The zero-order valence-electron chi connectivity index (χ0n) is 14.7. The molecule has 0 saturated carbocycles. The number of halogens is 1. The van der Waals surface area contributed by atoms with E-state index in [0.717, 1.165) is 51.3 Å². The molecule has 1 aromatic carbocycles. The van der Waals surface area contributed by atoms with Crippen molar-refractivity contribution >= 4 is 34.0 Å². The summed E-state index contributed by atoms with van der Waals surface area (Å²) in [6, 6.07) is 5.80. The molecule has 138 valence electrons. The summed E-state index contributed by atoms with van der Waals surface area (Å²) in [5.74, 6) is 0.326. The van der Waals surface area contributed by atoms with E-state index in [4.69, 9.17) is 4.74 Å². The molecule has 2 aliphatic heterocycles. The van der Waals surface area contributed by atoms with E-state index < -0.39 is 4.92 Å². The Morgan fingerprint density at radius 3 is 2.56 bits per heavy atom. The number of benzene rings is 1. The van der Waals surface area contributed by atoms with Gasteiger partial charge >= 0.3 is 5.69 Å². The third-order valence-electron chi connectivity index (χ3n) is 5.25. The summed E-state index contributed by atoms with van der Waals surface area (Å²) in [7, 11) is 3.66. The Kier molecular flexibility index (Phi) is 6.00. The molecular weight excluding hydrogens is 435 g/mol. The van der Waals surface area contributed by atoms with Crippen molar-refractivity contribution in [2.75, 3.05) is 51.8 Å². The molecule has 7 nitrogen and oxygen atoms in total. The fraction of sp³-hybridized carbons (Fsp3) is 0.647. The molecule has 2 saturated heterocycles. The number of nitro groups is 1. The van der Waals surface area contributed by atoms with Crippen LogP contribution in [0.3, 0.4) is 0 Å². The van der Waals surface area contributed by atoms with E-state index in [2.05, 4.69) is 44.3 Å². The lowest BCUT2D eigenvalue weighted by Gasteiger charge is -2.44. The van der Waals surface area contributed by atoms with Crippen molar-refractivity contribution in [3.8, 4) is 5.75 Å². The first-order valence-electron chi connectivity index (χ1n) is 8.65. The largest absolute Gasteiger partial charge is 0.490 e. The molecule has 1 aromatic rings. The number of hydrogen-bond donors (Lipinski definition) is 0. The Morgan fingerprint density at radius 2 is 1.96 bits per heavy atom. The number of piperidine rings is 1. The highest BCUT2D eigenvalue weighted by atomic mass is 127. The molecule has 2 fully saturated rings. The van der Waals surface area contributed by atoms with E-state index in [1.165, 1.54) is 7.11 Å². The second kappa shape index (κ2) is 8.05. The summed E-state index contributed by atoms with van der Waals surface area (Å²) >= 11 is 2.50. The van der Waals surface area contributed by atoms with Crippen molar-refractivity contribution < 1.29 is 9.66 Å². The van der Waals surface area contributed by atoms with E-state index in [9.17, 15) is 10.1 Å². The Hall–Kier alpha value is -1.13. The second-order valence-corrected chi connectivity index (χ2v) is 8.20. The van der Waals surface area contributed by atoms with Crippen LogP contribution in [0.25, 0.3) is 0 Å². The van der Waals surface area contributed by atoms with E-state index in [1.54, 1.807) is 12.1 Å². The number of nitro benzene ring substituents is 1. The lowest BCUT2D eigenvalue weighted by molar-refractivity contribution is -0.385. The summed E-state index contributed by atoms with van der Waals surface area (Å²) in [6.07, 6.45) is 2.24. The molecule has 2 unspecified atom stereocenters. The summed E-state index contributed by atoms with van der Waals surface area (Å²) in [4.78, 5) is 18.0. The molecule has 2 aliphatic rings. The zero-order valence-corrected chi connectivity index (χ0v) is 16.9. The summed E-state index contributed by atoms with van der Waals surface area (Å²) in [5.41, 5.74) is 1.02. The molecule has 2 heterocycles. The van der Waals surface area contributed by atoms with Gasteiger partial charge in [0.2, 0.25) is 0 Å². The molecule has 8 heteroatoms. The Balaban J connectivity index is 1.68. The van der Waals surface area contributed by atoms with E-state index in [0.29, 0.717) is 15.8 Å². The number of methoxy groups -OCH3 is 1. The molecule has 0 radical (unpaired) electrons. The smallest absolute Gasteiger partial charge is 0.311 e. The predicted molar refractivity (Wildman–Crippen MR) is 107 cm³/mol. The van der Waals surface area contributed by atoms with Gasteiger partial charge in [0, 0.05) is 56.6 Å². The zero-order chi connectivity index (χ0) is 18.0. The number of likely N-dealkylation sites (N-methyl/N-ethyl adjacent to an activating group) is 1. The highest BCUT2D eigenvalue weighted by molar-refractivity contribution is 14.1. The minimum Gasteiger partial charge on any atom is -0.490 e. The average molecular weight is 460 g/mol. The lowest BCUT2D eigenvalue weighted by atomic mass is 10.0. The normalized spacial score (nSPS) is 25.8. The van der Waals surface area contributed by atoms with Crippen LogP contribution in [0.1, 0.15) is 12.8 Å². The summed E-state index contributed by atoms with van der Waals surface area (Å²) in [5, 5.41) is 11.1. The molecule has 3 rings (SSSR count). The van der Waals surface area contributed by atoms with Crippen LogP contribution in [-0.4, -0.2) is 71.7 Å². The van der Waals surface area contributed by atoms with Crippen molar-refractivity contribution in [3.05, 3.63) is 28.3 Å². The van der Waals surface area contributed by atoms with Crippen molar-refractivity contribution in [1.29, 1.82) is 0 Å². The predicted octanol–water partition coefficient (Wildman–Crippen LogP) is 2.58. The van der Waals surface area contributed by atoms with Crippen molar-refractivity contribution in [2.24, 2.45) is 0 Å². The fourth-order valence-electron chi connectivity index (χ4n) is 3.70. The third-order valence-corrected chi connectivity index (χ3v) is 6.43. The maximum absolute atomic E-state index is 11.1. The van der Waals surface area contributed by atoms with Crippen molar-refractivity contribution in [2.45, 2.75) is 22.9 Å². The van der Waals surface area contributed by atoms with Crippen molar-refractivity contribution in [3.63, 3.8) is 0 Å². The highest BCUT2D eigenvalue weighted by Gasteiger charge is 2.32. The Bertz CT molecular complexity index is 622. The van der Waals surface area contributed by atoms with E-state index in [1.807, 2.05) is 6.07 Å². The number of anilines is 1. The van der Waals surface area contributed by atoms with E-state index >= 15 is 0 Å². The van der Waals surface area contributed by atoms with Gasteiger partial charge in [-0.25, -0.2) is 0 Å². The molecule has 0 aliphatic carbocycles. The molecule has 0 spiro atoms. The van der Waals surface area contributed by atoms with E-state index in [-0.39, 0.29) is 5.69 Å². The van der Waals surface area contributed by atoms with Crippen molar-refractivity contribution in [1.82, 2.24) is 9.80 Å². The van der Waals surface area contributed by atoms with Crippen LogP contribution in [0.4, 0.5) is 11.4 Å². The number of hydrogen-bond acceptors (Lipinski definition) is 6. The minimum absolute atomic E-state index is 0.0172. The average Bonchev–Trinajstić information content (AvgIpc) is 2.61. The number of piperazine rings is 1. The number of alkyl halides is 1. The first-order chi connectivity index (χ1) is 12.0. The second-order valence-electron chi connectivity index (χ2n) is 6.76. The number of nitrogens with zero attached hydrogens (tertiary/aromatic N) is 4. The van der Waals surface area contributed by atoms with Crippen LogP contribution in [0.2, 0.25) is 0 Å². The van der Waals surface area contributed by atoms with Gasteiger partial charge in [0.15, 0.2) is 5.75 Å². The topological polar surface area (TPSA) is 62.1 Å². The van der Waals surface area contributed by atoms with Gasteiger partial charge in [-0.1, -0.05) is 22.6 Å². The Morgan fingerprint density at radius 1 is 1.24 bits per heavy atom. The minimum atomic E-state index is -0.399. The van der Waals surface area contributed by atoms with Crippen LogP contribution in [0.15, 0.2) is 18.2 Å². The number of rotatable bonds is 4. The van der Waals surface area contributed by atoms with Gasteiger partial charge in [0.05, 0.1) is 16.1 Å². The first-order valence-corrected chi connectivity index (χ1v) is 9.90. The third kappa shape index (κ3) is 4.17. The molecule has 0 aromatic heterocycles. The van der Waals surface area contributed by atoms with Gasteiger partial charge in [0.25, 0.3) is 0 Å². The molecule has 25 heavy (non-hydrogen) atoms. The van der Waals surface area contributed by atoms with Gasteiger partial charge in [-0.05, 0) is 26.0 Å². The molecule has 2 atom stereocenters. The fourth-order valence-corrected chi connectivity index (χ4v) is 4.89. The monoisotopic (exact) mass is 460 g/mol. The van der Waals surface area contributed by atoms with Crippen LogP contribution >= 0.6 is 22.6 Å². The number of ether oxygens (including phenoxy) is 1. The Labute approximate surface area is 162 Å². The summed E-state index contributed by atoms with van der Waals surface area (Å²) < 4.78 is 5.59. The van der Waals surface area contributed by atoms with Gasteiger partial charge in [-0.15, -0.1) is 0 Å². The first kappa shape index (κ1) is 18.7. The van der Waals surface area contributed by atoms with Gasteiger partial charge in [-0.3, -0.25) is 15.0 Å². The standard InChI is InChI=1S/C17H25IN4O3/c1-19-7-9-20(10-8-19)13-5-6-21(17(18)12-13)14-3-4-15(22(23)24)16(11-14)25-2/h3-4,11,13,17H,5-10,12H2,1-2H3. The maximum Gasteiger partial charge on any atom is 0.311 e.